The fourth-order valence-corrected chi connectivity index (χ4v) is 3.53. The second-order valence-corrected chi connectivity index (χ2v) is 7.12. The van der Waals surface area contributed by atoms with Crippen molar-refractivity contribution in [3.05, 3.63) is 38.6 Å². The molecule has 0 spiro atoms. The van der Waals surface area contributed by atoms with Gasteiger partial charge in [-0.05, 0) is 28.4 Å². The standard InChI is InChI=1S/C14H14BrClN4S/c1-2-10-7-17-13(21-10)8-20-12(3-4-16)19-11-5-9(15)6-18-14(11)20/h5-7H,2-4,8H2,1H3. The highest BCUT2D eigenvalue weighted by atomic mass is 79.9. The third kappa shape index (κ3) is 3.12. The third-order valence-electron chi connectivity index (χ3n) is 3.19. The maximum atomic E-state index is 5.90. The smallest absolute Gasteiger partial charge is 0.160 e. The van der Waals surface area contributed by atoms with Crippen LogP contribution in [0.4, 0.5) is 0 Å². The van der Waals surface area contributed by atoms with Crippen molar-refractivity contribution >= 4 is 50.0 Å². The molecule has 3 rings (SSSR count). The van der Waals surface area contributed by atoms with Gasteiger partial charge in [0.1, 0.15) is 16.3 Å². The van der Waals surface area contributed by atoms with E-state index in [1.807, 2.05) is 12.3 Å². The molecule has 0 aliphatic rings. The van der Waals surface area contributed by atoms with Gasteiger partial charge in [-0.25, -0.2) is 15.0 Å². The van der Waals surface area contributed by atoms with E-state index >= 15 is 0 Å². The Bertz CT molecular complexity index is 768. The molecule has 0 bridgehead atoms. The first-order valence-corrected chi connectivity index (χ1v) is 8.86. The van der Waals surface area contributed by atoms with Gasteiger partial charge in [0.05, 0.1) is 6.54 Å². The van der Waals surface area contributed by atoms with Gasteiger partial charge in [-0.2, -0.15) is 0 Å². The molecule has 0 saturated carbocycles. The van der Waals surface area contributed by atoms with Crippen molar-refractivity contribution in [3.8, 4) is 0 Å². The Morgan fingerprint density at radius 2 is 2.19 bits per heavy atom. The number of hydrogen-bond donors (Lipinski definition) is 0. The summed E-state index contributed by atoms with van der Waals surface area (Å²) < 4.78 is 3.04. The average Bonchev–Trinajstić information content (AvgIpc) is 3.05. The molecule has 0 unspecified atom stereocenters. The number of imidazole rings is 1. The maximum absolute atomic E-state index is 5.90. The van der Waals surface area contributed by atoms with Crippen LogP contribution in [0.5, 0.6) is 0 Å². The highest BCUT2D eigenvalue weighted by Crippen LogP contribution is 2.22. The van der Waals surface area contributed by atoms with E-state index < -0.39 is 0 Å². The summed E-state index contributed by atoms with van der Waals surface area (Å²) in [6.45, 7) is 2.84. The van der Waals surface area contributed by atoms with Gasteiger partial charge >= 0.3 is 0 Å². The second-order valence-electron chi connectivity index (χ2n) is 4.62. The van der Waals surface area contributed by atoms with Crippen LogP contribution in [0.15, 0.2) is 22.9 Å². The fraction of sp³-hybridized carbons (Fsp3) is 0.357. The Balaban J connectivity index is 2.03. The van der Waals surface area contributed by atoms with Crippen molar-refractivity contribution in [1.82, 2.24) is 19.5 Å². The molecule has 0 fully saturated rings. The molecule has 0 radical (unpaired) electrons. The van der Waals surface area contributed by atoms with E-state index in [9.17, 15) is 0 Å². The summed E-state index contributed by atoms with van der Waals surface area (Å²) in [5.74, 6) is 1.50. The van der Waals surface area contributed by atoms with E-state index in [2.05, 4.69) is 42.4 Å². The minimum Gasteiger partial charge on any atom is -0.306 e. The van der Waals surface area contributed by atoms with Gasteiger partial charge in [0.15, 0.2) is 5.65 Å². The van der Waals surface area contributed by atoms with Gasteiger partial charge < -0.3 is 4.57 Å². The number of pyridine rings is 1. The van der Waals surface area contributed by atoms with E-state index in [1.165, 1.54) is 4.88 Å². The van der Waals surface area contributed by atoms with Crippen LogP contribution in [0.25, 0.3) is 11.2 Å². The Labute approximate surface area is 140 Å². The summed E-state index contributed by atoms with van der Waals surface area (Å²) in [4.78, 5) is 14.9. The molecule has 0 aliphatic carbocycles. The van der Waals surface area contributed by atoms with Crippen LogP contribution in [-0.2, 0) is 19.4 Å². The fourth-order valence-electron chi connectivity index (χ4n) is 2.19. The highest BCUT2D eigenvalue weighted by molar-refractivity contribution is 9.10. The molecule has 21 heavy (non-hydrogen) atoms. The number of fused-ring (bicyclic) bond motifs is 1. The number of halogens is 2. The minimum atomic E-state index is 0.544. The first-order valence-electron chi connectivity index (χ1n) is 6.71. The molecule has 7 heteroatoms. The topological polar surface area (TPSA) is 43.6 Å². The number of nitrogens with zero attached hydrogens (tertiary/aromatic N) is 4. The number of rotatable bonds is 5. The van der Waals surface area contributed by atoms with Crippen LogP contribution in [-0.4, -0.2) is 25.4 Å². The van der Waals surface area contributed by atoms with Crippen molar-refractivity contribution in [2.24, 2.45) is 0 Å². The maximum Gasteiger partial charge on any atom is 0.160 e. The molecule has 0 N–H and O–H groups in total. The zero-order valence-corrected chi connectivity index (χ0v) is 14.7. The van der Waals surface area contributed by atoms with E-state index in [0.29, 0.717) is 12.4 Å². The zero-order chi connectivity index (χ0) is 14.8. The predicted octanol–water partition coefficient (Wildman–Crippen LogP) is 4.04. The van der Waals surface area contributed by atoms with Crippen molar-refractivity contribution in [3.63, 3.8) is 0 Å². The quantitative estimate of drug-likeness (QED) is 0.623. The van der Waals surface area contributed by atoms with Gasteiger partial charge in [0.2, 0.25) is 0 Å². The van der Waals surface area contributed by atoms with E-state index in [-0.39, 0.29) is 0 Å². The summed E-state index contributed by atoms with van der Waals surface area (Å²) in [5.41, 5.74) is 1.77. The van der Waals surface area contributed by atoms with Gasteiger partial charge in [0.25, 0.3) is 0 Å². The Hall–Kier alpha value is -0.980. The first-order chi connectivity index (χ1) is 10.2. The molecule has 0 amide bonds. The van der Waals surface area contributed by atoms with E-state index in [1.54, 1.807) is 17.5 Å². The lowest BCUT2D eigenvalue weighted by Crippen LogP contribution is -2.06. The van der Waals surface area contributed by atoms with Crippen molar-refractivity contribution in [2.45, 2.75) is 26.3 Å². The van der Waals surface area contributed by atoms with Crippen LogP contribution in [0.3, 0.4) is 0 Å². The molecule has 3 aromatic heterocycles. The normalized spacial score (nSPS) is 11.4. The summed E-state index contributed by atoms with van der Waals surface area (Å²) in [6.07, 6.45) is 5.48. The summed E-state index contributed by atoms with van der Waals surface area (Å²) in [7, 11) is 0. The lowest BCUT2D eigenvalue weighted by atomic mass is 10.4. The van der Waals surface area contributed by atoms with E-state index in [0.717, 1.165) is 39.3 Å². The lowest BCUT2D eigenvalue weighted by molar-refractivity contribution is 0.743. The van der Waals surface area contributed by atoms with Crippen LogP contribution in [0, 0.1) is 0 Å². The van der Waals surface area contributed by atoms with Crippen LogP contribution < -0.4 is 0 Å². The second kappa shape index (κ2) is 6.42. The average molecular weight is 386 g/mol. The summed E-state index contributed by atoms with van der Waals surface area (Å²) in [6, 6.07) is 1.98. The number of aromatic nitrogens is 4. The van der Waals surface area contributed by atoms with Crippen molar-refractivity contribution in [2.75, 3.05) is 5.88 Å². The number of thiazole rings is 1. The number of aryl methyl sites for hydroxylation is 2. The summed E-state index contributed by atoms with van der Waals surface area (Å²) in [5, 5.41) is 1.08. The molecule has 4 nitrogen and oxygen atoms in total. The van der Waals surface area contributed by atoms with Crippen molar-refractivity contribution < 1.29 is 0 Å². The molecule has 3 heterocycles. The highest BCUT2D eigenvalue weighted by Gasteiger charge is 2.13. The Morgan fingerprint density at radius 3 is 2.90 bits per heavy atom. The zero-order valence-electron chi connectivity index (χ0n) is 11.5. The van der Waals surface area contributed by atoms with Gasteiger partial charge in [0, 0.05) is 34.0 Å². The number of alkyl halides is 1. The van der Waals surface area contributed by atoms with Crippen LogP contribution in [0.2, 0.25) is 0 Å². The summed E-state index contributed by atoms with van der Waals surface area (Å²) >= 11 is 11.1. The van der Waals surface area contributed by atoms with Gasteiger partial charge in [-0.1, -0.05) is 6.92 Å². The van der Waals surface area contributed by atoms with Crippen LogP contribution >= 0.6 is 38.9 Å². The molecule has 0 atom stereocenters. The lowest BCUT2D eigenvalue weighted by Gasteiger charge is -2.05. The first kappa shape index (κ1) is 14.9. The molecular weight excluding hydrogens is 372 g/mol. The third-order valence-corrected chi connectivity index (χ3v) is 4.94. The Morgan fingerprint density at radius 1 is 1.33 bits per heavy atom. The van der Waals surface area contributed by atoms with Gasteiger partial charge in [-0.15, -0.1) is 22.9 Å². The molecule has 0 aliphatic heterocycles. The largest absolute Gasteiger partial charge is 0.306 e. The Kier molecular flexibility index (Phi) is 4.57. The molecule has 3 aromatic rings. The number of hydrogen-bond acceptors (Lipinski definition) is 4. The monoisotopic (exact) mass is 384 g/mol. The minimum absolute atomic E-state index is 0.544. The van der Waals surface area contributed by atoms with Crippen LogP contribution in [0.1, 0.15) is 22.6 Å². The SMILES string of the molecule is CCc1cnc(Cn2c(CCCl)nc3cc(Br)cnc32)s1. The van der Waals surface area contributed by atoms with Crippen molar-refractivity contribution in [1.29, 1.82) is 0 Å². The van der Waals surface area contributed by atoms with E-state index in [4.69, 9.17) is 11.6 Å². The molecular formula is C14H14BrClN4S. The molecule has 0 saturated heterocycles. The predicted molar refractivity (Wildman–Crippen MR) is 90.2 cm³/mol. The molecule has 110 valence electrons. The molecule has 0 aromatic carbocycles. The van der Waals surface area contributed by atoms with Gasteiger partial charge in [-0.3, -0.25) is 0 Å².